The average molecular weight is 772 g/mol. The van der Waals surface area contributed by atoms with Gasteiger partial charge in [0.1, 0.15) is 11.2 Å². The van der Waals surface area contributed by atoms with Crippen molar-refractivity contribution in [3.63, 3.8) is 0 Å². The molecule has 0 amide bonds. The van der Waals surface area contributed by atoms with Gasteiger partial charge in [0.2, 0.25) is 0 Å². The van der Waals surface area contributed by atoms with Crippen LogP contribution < -0.4 is 4.90 Å². The van der Waals surface area contributed by atoms with Gasteiger partial charge in [0.15, 0.2) is 0 Å². The molecule has 0 radical (unpaired) electrons. The summed E-state index contributed by atoms with van der Waals surface area (Å²) in [7, 11) is 0. The third-order valence-electron chi connectivity index (χ3n) is 15.1. The topological polar surface area (TPSA) is 16.4 Å². The molecule has 0 aliphatic heterocycles. The van der Waals surface area contributed by atoms with Crippen molar-refractivity contribution in [3.8, 4) is 44.5 Å². The van der Waals surface area contributed by atoms with E-state index >= 15 is 0 Å². The number of benzene rings is 8. The summed E-state index contributed by atoms with van der Waals surface area (Å²) in [6.45, 7) is 0. The molecule has 2 heteroatoms. The van der Waals surface area contributed by atoms with E-state index in [0.717, 1.165) is 62.7 Å². The van der Waals surface area contributed by atoms with Crippen LogP contribution in [0.4, 0.5) is 17.1 Å². The zero-order valence-corrected chi connectivity index (χ0v) is 33.6. The van der Waals surface area contributed by atoms with Crippen LogP contribution in [0.5, 0.6) is 0 Å². The van der Waals surface area contributed by atoms with Crippen LogP contribution in [0, 0.1) is 23.7 Å². The van der Waals surface area contributed by atoms with Gasteiger partial charge in [-0.2, -0.15) is 0 Å². The molecule has 8 aromatic carbocycles. The Morgan fingerprint density at radius 1 is 0.383 bits per heavy atom. The standard InChI is InChI=1S/C58H45NO/c1-3-10-39(11-4-1)41-18-23-46(24-19-41)59(47-25-20-42(21-26-47)40-12-5-2-6-13-40)48-27-29-52-51-28-22-43(35-55(51)60-56(52)36-48)49-15-9-16-53-50-14-7-8-17-54(50)58(57(49)53)44-31-37-30-38(33-44)34-45(58)32-37/h1-29,35-38,44-45H,30-34H2. The lowest BCUT2D eigenvalue weighted by molar-refractivity contribution is -0.0397. The number of furan rings is 1. The number of hydrogen-bond donors (Lipinski definition) is 0. The number of anilines is 3. The molecule has 4 bridgehead atoms. The predicted molar refractivity (Wildman–Crippen MR) is 248 cm³/mol. The Bertz CT molecular complexity index is 2970. The van der Waals surface area contributed by atoms with Crippen LogP contribution in [0.1, 0.15) is 43.2 Å². The van der Waals surface area contributed by atoms with E-state index in [-0.39, 0.29) is 5.41 Å². The highest BCUT2D eigenvalue weighted by Crippen LogP contribution is 2.70. The lowest BCUT2D eigenvalue weighted by Gasteiger charge is -2.61. The SMILES string of the molecule is c1ccc(-c2ccc(N(c3ccc(-c4ccccc4)cc3)c3ccc4c(c3)oc3cc(-c5cccc6c5C5(c7ccccc7-6)C6CC7CC(C6)CC5C7)ccc34)cc2)cc1. The smallest absolute Gasteiger partial charge is 0.137 e. The Morgan fingerprint density at radius 3 is 1.50 bits per heavy atom. The molecular weight excluding hydrogens is 727 g/mol. The first-order valence-electron chi connectivity index (χ1n) is 22.0. The van der Waals surface area contributed by atoms with E-state index in [0.29, 0.717) is 0 Å². The Labute approximate surface area is 351 Å². The van der Waals surface area contributed by atoms with Gasteiger partial charge in [-0.15, -0.1) is 0 Å². The highest BCUT2D eigenvalue weighted by Gasteiger charge is 2.62. The van der Waals surface area contributed by atoms with E-state index in [4.69, 9.17) is 4.42 Å². The zero-order chi connectivity index (χ0) is 39.4. The molecular formula is C58H45NO. The van der Waals surface area contributed by atoms with Crippen molar-refractivity contribution in [1.29, 1.82) is 0 Å². The molecule has 4 saturated carbocycles. The molecule has 0 N–H and O–H groups in total. The minimum absolute atomic E-state index is 0.107. The number of hydrogen-bond acceptors (Lipinski definition) is 2. The van der Waals surface area contributed by atoms with Gasteiger partial charge < -0.3 is 9.32 Å². The molecule has 0 atom stereocenters. The first-order chi connectivity index (χ1) is 29.7. The van der Waals surface area contributed by atoms with Crippen molar-refractivity contribution < 1.29 is 4.42 Å². The van der Waals surface area contributed by atoms with Gasteiger partial charge in [0.05, 0.1) is 0 Å². The molecule has 9 aromatic rings. The average Bonchev–Trinajstić information content (AvgIpc) is 3.82. The second kappa shape index (κ2) is 13.2. The molecule has 1 heterocycles. The monoisotopic (exact) mass is 771 g/mol. The van der Waals surface area contributed by atoms with Crippen molar-refractivity contribution in [3.05, 3.63) is 199 Å². The molecule has 1 aromatic heterocycles. The number of nitrogens with zero attached hydrogens (tertiary/aromatic N) is 1. The predicted octanol–water partition coefficient (Wildman–Crippen LogP) is 15.8. The number of rotatable bonds is 6. The zero-order valence-electron chi connectivity index (χ0n) is 33.6. The summed E-state index contributed by atoms with van der Waals surface area (Å²) in [6.07, 6.45) is 6.98. The van der Waals surface area contributed by atoms with Crippen LogP contribution in [0.25, 0.3) is 66.4 Å². The summed E-state index contributed by atoms with van der Waals surface area (Å²) in [5.74, 6) is 3.27. The Balaban J connectivity index is 0.919. The quantitative estimate of drug-likeness (QED) is 0.167. The van der Waals surface area contributed by atoms with Gasteiger partial charge in [-0.1, -0.05) is 133 Å². The van der Waals surface area contributed by atoms with Crippen molar-refractivity contribution in [1.82, 2.24) is 0 Å². The van der Waals surface area contributed by atoms with Gasteiger partial charge >= 0.3 is 0 Å². The maximum Gasteiger partial charge on any atom is 0.137 e. The first kappa shape index (κ1) is 34.2. The maximum atomic E-state index is 6.92. The molecule has 288 valence electrons. The van der Waals surface area contributed by atoms with Gasteiger partial charge in [0, 0.05) is 39.3 Å². The highest BCUT2D eigenvalue weighted by molar-refractivity contribution is 6.07. The van der Waals surface area contributed by atoms with Crippen molar-refractivity contribution in [2.24, 2.45) is 23.7 Å². The van der Waals surface area contributed by atoms with Crippen LogP contribution in [0.15, 0.2) is 192 Å². The molecule has 2 nitrogen and oxygen atoms in total. The van der Waals surface area contributed by atoms with E-state index in [1.807, 2.05) is 0 Å². The van der Waals surface area contributed by atoms with Crippen LogP contribution in [-0.2, 0) is 5.41 Å². The molecule has 5 aliphatic carbocycles. The summed E-state index contributed by atoms with van der Waals surface area (Å²) in [5.41, 5.74) is 18.8. The van der Waals surface area contributed by atoms with E-state index < -0.39 is 0 Å². The highest BCUT2D eigenvalue weighted by atomic mass is 16.3. The normalized spacial score (nSPS) is 22.1. The van der Waals surface area contributed by atoms with Crippen LogP contribution in [0.3, 0.4) is 0 Å². The molecule has 1 spiro atoms. The van der Waals surface area contributed by atoms with Crippen molar-refractivity contribution >= 4 is 39.0 Å². The second-order valence-electron chi connectivity index (χ2n) is 18.1. The van der Waals surface area contributed by atoms with E-state index in [2.05, 4.69) is 193 Å². The molecule has 5 aliphatic rings. The lowest BCUT2D eigenvalue weighted by Crippen LogP contribution is -2.55. The minimum Gasteiger partial charge on any atom is -0.456 e. The van der Waals surface area contributed by atoms with Crippen LogP contribution in [0.2, 0.25) is 0 Å². The summed E-state index contributed by atoms with van der Waals surface area (Å²) in [6, 6.07) is 69.3. The summed E-state index contributed by atoms with van der Waals surface area (Å²) >= 11 is 0. The summed E-state index contributed by atoms with van der Waals surface area (Å²) < 4.78 is 6.92. The molecule has 14 rings (SSSR count). The van der Waals surface area contributed by atoms with Crippen molar-refractivity contribution in [2.45, 2.75) is 37.5 Å². The van der Waals surface area contributed by atoms with E-state index in [9.17, 15) is 0 Å². The summed E-state index contributed by atoms with van der Waals surface area (Å²) in [4.78, 5) is 2.34. The number of fused-ring (bicyclic) bond motifs is 6. The maximum absolute atomic E-state index is 6.92. The minimum atomic E-state index is 0.107. The molecule has 0 saturated heterocycles. The molecule has 4 fully saturated rings. The molecule has 60 heavy (non-hydrogen) atoms. The Morgan fingerprint density at radius 2 is 0.867 bits per heavy atom. The third-order valence-corrected chi connectivity index (χ3v) is 15.1. The van der Waals surface area contributed by atoms with Crippen LogP contribution in [-0.4, -0.2) is 0 Å². The van der Waals surface area contributed by atoms with Gasteiger partial charge in [0.25, 0.3) is 0 Å². The van der Waals surface area contributed by atoms with Crippen molar-refractivity contribution in [2.75, 3.05) is 4.90 Å². The fourth-order valence-corrected chi connectivity index (χ4v) is 12.8. The van der Waals surface area contributed by atoms with Gasteiger partial charge in [-0.05, 0) is 160 Å². The Hall–Kier alpha value is -6.64. The van der Waals surface area contributed by atoms with E-state index in [1.54, 1.807) is 11.1 Å². The summed E-state index contributed by atoms with van der Waals surface area (Å²) in [5, 5.41) is 2.30. The second-order valence-corrected chi connectivity index (χ2v) is 18.1. The lowest BCUT2D eigenvalue weighted by atomic mass is 9.42. The van der Waals surface area contributed by atoms with Gasteiger partial charge in [-0.3, -0.25) is 0 Å². The molecule has 0 unspecified atom stereocenters. The Kier molecular flexibility index (Phi) is 7.52. The largest absolute Gasteiger partial charge is 0.456 e. The van der Waals surface area contributed by atoms with E-state index in [1.165, 1.54) is 76.6 Å². The van der Waals surface area contributed by atoms with Crippen LogP contribution >= 0.6 is 0 Å². The first-order valence-corrected chi connectivity index (χ1v) is 22.0. The fourth-order valence-electron chi connectivity index (χ4n) is 12.8. The fraction of sp³-hybridized carbons (Fsp3) is 0.172. The van der Waals surface area contributed by atoms with Gasteiger partial charge in [-0.25, -0.2) is 0 Å². The third kappa shape index (κ3) is 5.07.